The predicted octanol–water partition coefficient (Wildman–Crippen LogP) is 0.262. The number of imide groups is 1. The van der Waals surface area contributed by atoms with Crippen LogP contribution in [0.1, 0.15) is 18.5 Å². The van der Waals surface area contributed by atoms with Crippen LogP contribution in [0.25, 0.3) is 0 Å². The number of piperidine rings is 1. The van der Waals surface area contributed by atoms with E-state index in [0.717, 1.165) is 5.69 Å². The zero-order valence-electron chi connectivity index (χ0n) is 10.1. The zero-order valence-corrected chi connectivity index (χ0v) is 10.1. The summed E-state index contributed by atoms with van der Waals surface area (Å²) in [5.74, 6) is -0.220. The zero-order chi connectivity index (χ0) is 12.4. The second-order valence-electron chi connectivity index (χ2n) is 4.37. The number of carbonyl (C=O) groups excluding carboxylic acids is 2. The summed E-state index contributed by atoms with van der Waals surface area (Å²) in [5, 5.41) is 3.20. The molecule has 1 saturated heterocycles. The maximum absolute atomic E-state index is 11.8. The van der Waals surface area contributed by atoms with Crippen LogP contribution in [0.15, 0.2) is 18.3 Å². The van der Waals surface area contributed by atoms with Gasteiger partial charge >= 0.3 is 0 Å². The number of hydrogen-bond donors (Lipinski definition) is 1. The summed E-state index contributed by atoms with van der Waals surface area (Å²) in [6, 6.07) is 3.73. The lowest BCUT2D eigenvalue weighted by Crippen LogP contribution is -2.51. The van der Waals surface area contributed by atoms with Gasteiger partial charge in [-0.1, -0.05) is 0 Å². The Bertz CT molecular complexity index is 439. The molecule has 2 heterocycles. The Balaban J connectivity index is 1.94. The molecule has 2 amide bonds. The minimum atomic E-state index is -0.243. The normalized spacial score (nSPS) is 21.1. The van der Waals surface area contributed by atoms with E-state index in [4.69, 9.17) is 0 Å². The molecule has 5 nitrogen and oxygen atoms in total. The first-order chi connectivity index (χ1) is 8.09. The van der Waals surface area contributed by atoms with Crippen LogP contribution in [0.2, 0.25) is 0 Å². The van der Waals surface area contributed by atoms with Gasteiger partial charge in [-0.25, -0.2) is 0 Å². The second kappa shape index (κ2) is 4.71. The fourth-order valence-corrected chi connectivity index (χ4v) is 2.01. The molecule has 1 aromatic rings. The number of likely N-dealkylation sites (tertiary alicyclic amines) is 1. The smallest absolute Gasteiger partial charge is 0.246 e. The van der Waals surface area contributed by atoms with Crippen LogP contribution in [0.4, 0.5) is 0 Å². The molecule has 0 spiro atoms. The molecule has 2 rings (SSSR count). The lowest BCUT2D eigenvalue weighted by Gasteiger charge is -2.28. The van der Waals surface area contributed by atoms with E-state index < -0.39 is 0 Å². The molecule has 1 aromatic heterocycles. The van der Waals surface area contributed by atoms with Gasteiger partial charge in [0.15, 0.2) is 0 Å². The first-order valence-electron chi connectivity index (χ1n) is 5.73. The number of amides is 2. The van der Waals surface area contributed by atoms with Gasteiger partial charge in [-0.15, -0.1) is 0 Å². The number of nitrogens with zero attached hydrogens (tertiary/aromatic N) is 2. The molecule has 0 aliphatic carbocycles. The second-order valence-corrected chi connectivity index (χ2v) is 4.37. The van der Waals surface area contributed by atoms with Crippen molar-refractivity contribution in [2.45, 2.75) is 25.4 Å². The third kappa shape index (κ3) is 2.39. The van der Waals surface area contributed by atoms with E-state index in [1.54, 1.807) is 7.05 Å². The highest BCUT2D eigenvalue weighted by molar-refractivity contribution is 6.00. The van der Waals surface area contributed by atoms with Crippen LogP contribution in [0.3, 0.4) is 0 Å². The Labute approximate surface area is 100 Å². The van der Waals surface area contributed by atoms with Crippen LogP contribution in [-0.4, -0.2) is 34.4 Å². The van der Waals surface area contributed by atoms with E-state index in [1.807, 2.05) is 29.9 Å². The van der Waals surface area contributed by atoms with Crippen molar-refractivity contribution in [3.05, 3.63) is 24.0 Å². The third-order valence-corrected chi connectivity index (χ3v) is 3.23. The van der Waals surface area contributed by atoms with Gasteiger partial charge in [0.05, 0.1) is 6.04 Å². The fourth-order valence-electron chi connectivity index (χ4n) is 2.01. The first-order valence-corrected chi connectivity index (χ1v) is 5.73. The highest BCUT2D eigenvalue weighted by Crippen LogP contribution is 2.12. The molecule has 1 unspecified atom stereocenters. The van der Waals surface area contributed by atoms with Crippen molar-refractivity contribution in [1.29, 1.82) is 0 Å². The van der Waals surface area contributed by atoms with E-state index in [1.165, 1.54) is 4.90 Å². The van der Waals surface area contributed by atoms with Crippen molar-refractivity contribution in [1.82, 2.24) is 14.8 Å². The lowest BCUT2D eigenvalue weighted by atomic mass is 10.0. The first kappa shape index (κ1) is 11.9. The SMILES string of the molecule is CN1C(=O)CCC(NCc2cccn2C)C1=O. The molecule has 0 radical (unpaired) electrons. The van der Waals surface area contributed by atoms with Crippen molar-refractivity contribution in [2.75, 3.05) is 7.05 Å². The Morgan fingerprint density at radius 3 is 2.82 bits per heavy atom. The Kier molecular flexibility index (Phi) is 3.28. The number of nitrogens with one attached hydrogen (secondary N) is 1. The van der Waals surface area contributed by atoms with E-state index in [9.17, 15) is 9.59 Å². The van der Waals surface area contributed by atoms with Gasteiger partial charge < -0.3 is 9.88 Å². The highest BCUT2D eigenvalue weighted by atomic mass is 16.2. The van der Waals surface area contributed by atoms with Crippen LogP contribution in [-0.2, 0) is 23.2 Å². The minimum Gasteiger partial charge on any atom is -0.353 e. The molecule has 1 fully saturated rings. The van der Waals surface area contributed by atoms with Crippen molar-refractivity contribution in [2.24, 2.45) is 7.05 Å². The van der Waals surface area contributed by atoms with Crippen molar-refractivity contribution in [3.63, 3.8) is 0 Å². The third-order valence-electron chi connectivity index (χ3n) is 3.23. The summed E-state index contributed by atoms with van der Waals surface area (Å²) >= 11 is 0. The quantitative estimate of drug-likeness (QED) is 0.765. The van der Waals surface area contributed by atoms with E-state index >= 15 is 0 Å². The summed E-state index contributed by atoms with van der Waals surface area (Å²) in [5.41, 5.74) is 1.12. The topological polar surface area (TPSA) is 54.3 Å². The Morgan fingerprint density at radius 2 is 2.18 bits per heavy atom. The number of carbonyl (C=O) groups is 2. The van der Waals surface area contributed by atoms with E-state index in [0.29, 0.717) is 19.4 Å². The van der Waals surface area contributed by atoms with Gasteiger partial charge in [0.25, 0.3) is 0 Å². The molecule has 0 aromatic carbocycles. The van der Waals surface area contributed by atoms with Crippen molar-refractivity contribution in [3.8, 4) is 0 Å². The number of aryl methyl sites for hydroxylation is 1. The summed E-state index contributed by atoms with van der Waals surface area (Å²) < 4.78 is 2.01. The maximum atomic E-state index is 11.8. The van der Waals surface area contributed by atoms with Crippen LogP contribution < -0.4 is 5.32 Å². The Morgan fingerprint density at radius 1 is 1.41 bits per heavy atom. The standard InChI is InChI=1S/C12H17N3O2/c1-14-7-3-4-9(14)8-13-10-5-6-11(16)15(2)12(10)17/h3-4,7,10,13H,5-6,8H2,1-2H3. The summed E-state index contributed by atoms with van der Waals surface area (Å²) in [7, 11) is 3.51. The van der Waals surface area contributed by atoms with Gasteiger partial charge in [0.1, 0.15) is 0 Å². The van der Waals surface area contributed by atoms with Gasteiger partial charge in [0, 0.05) is 39.0 Å². The number of rotatable bonds is 3. The molecule has 1 atom stereocenters. The number of aromatic nitrogens is 1. The molecule has 92 valence electrons. The van der Waals surface area contributed by atoms with Crippen LogP contribution >= 0.6 is 0 Å². The Hall–Kier alpha value is -1.62. The maximum Gasteiger partial charge on any atom is 0.246 e. The van der Waals surface area contributed by atoms with Crippen molar-refractivity contribution < 1.29 is 9.59 Å². The van der Waals surface area contributed by atoms with Crippen LogP contribution in [0, 0.1) is 0 Å². The summed E-state index contributed by atoms with van der Waals surface area (Å²) in [6.07, 6.45) is 2.99. The molecule has 17 heavy (non-hydrogen) atoms. The average molecular weight is 235 g/mol. The monoisotopic (exact) mass is 235 g/mol. The molecule has 1 aliphatic heterocycles. The van der Waals surface area contributed by atoms with Gasteiger partial charge in [-0.3, -0.25) is 14.5 Å². The predicted molar refractivity (Wildman–Crippen MR) is 63.1 cm³/mol. The highest BCUT2D eigenvalue weighted by Gasteiger charge is 2.31. The van der Waals surface area contributed by atoms with E-state index in [2.05, 4.69) is 5.32 Å². The summed E-state index contributed by atoms with van der Waals surface area (Å²) in [4.78, 5) is 24.3. The number of hydrogen-bond acceptors (Lipinski definition) is 3. The van der Waals surface area contributed by atoms with Gasteiger partial charge in [-0.05, 0) is 18.6 Å². The molecule has 0 bridgehead atoms. The fraction of sp³-hybridized carbons (Fsp3) is 0.500. The van der Waals surface area contributed by atoms with Gasteiger partial charge in [0.2, 0.25) is 11.8 Å². The lowest BCUT2D eigenvalue weighted by molar-refractivity contribution is -0.148. The molecule has 5 heteroatoms. The number of likely N-dealkylation sites (N-methyl/N-ethyl adjacent to an activating group) is 1. The van der Waals surface area contributed by atoms with Crippen LogP contribution in [0.5, 0.6) is 0 Å². The van der Waals surface area contributed by atoms with E-state index in [-0.39, 0.29) is 17.9 Å². The molecule has 1 aliphatic rings. The molecule has 0 saturated carbocycles. The van der Waals surface area contributed by atoms with Gasteiger partial charge in [-0.2, -0.15) is 0 Å². The van der Waals surface area contributed by atoms with Crippen molar-refractivity contribution >= 4 is 11.8 Å². The minimum absolute atomic E-state index is 0.0908. The molecule has 1 N–H and O–H groups in total. The summed E-state index contributed by atoms with van der Waals surface area (Å²) in [6.45, 7) is 0.641. The largest absolute Gasteiger partial charge is 0.353 e. The average Bonchev–Trinajstić information content (AvgIpc) is 2.71. The molecular weight excluding hydrogens is 218 g/mol. The molecular formula is C12H17N3O2.